The molecule has 2 rings (SSSR count). The van der Waals surface area contributed by atoms with Crippen LogP contribution in [0.3, 0.4) is 0 Å². The minimum absolute atomic E-state index is 0.323. The molecule has 3 nitrogen and oxygen atoms in total. The smallest absolute Gasteiger partial charge is 0.338 e. The van der Waals surface area contributed by atoms with Crippen LogP contribution in [-0.2, 0) is 9.53 Å². The molecule has 2 aromatic rings. The van der Waals surface area contributed by atoms with Crippen molar-refractivity contribution in [3.05, 3.63) is 64.1 Å². The summed E-state index contributed by atoms with van der Waals surface area (Å²) in [7, 11) is 0. The maximum atomic E-state index is 12.5. The second kappa shape index (κ2) is 14.9. The van der Waals surface area contributed by atoms with E-state index in [1.54, 1.807) is 0 Å². The quantitative estimate of drug-likeness (QED) is 0.117. The molecule has 0 N–H and O–H groups in total. The average molecular weight is 487 g/mol. The van der Waals surface area contributed by atoms with Gasteiger partial charge in [-0.05, 0) is 54.8 Å². The lowest BCUT2D eigenvalue weighted by atomic mass is 10.0. The van der Waals surface area contributed by atoms with Gasteiger partial charge in [-0.2, -0.15) is 0 Å². The van der Waals surface area contributed by atoms with Crippen LogP contribution in [0.25, 0.3) is 11.6 Å². The van der Waals surface area contributed by atoms with Gasteiger partial charge in [0.25, 0.3) is 0 Å². The summed E-state index contributed by atoms with van der Waals surface area (Å²) < 4.78 is 12.1. The Morgan fingerprint density at radius 2 is 1.58 bits per heavy atom. The molecule has 168 valence electrons. The summed E-state index contributed by atoms with van der Waals surface area (Å²) >= 11 is 3.47. The number of unbranched alkanes of at least 4 members (excludes halogenated alkanes) is 7. The van der Waals surface area contributed by atoms with Crippen LogP contribution >= 0.6 is 15.9 Å². The minimum Gasteiger partial charge on any atom is -0.494 e. The highest BCUT2D eigenvalue weighted by atomic mass is 79.9. The van der Waals surface area contributed by atoms with Gasteiger partial charge in [-0.25, -0.2) is 4.79 Å². The van der Waals surface area contributed by atoms with E-state index in [1.807, 2.05) is 61.5 Å². The Morgan fingerprint density at radius 1 is 0.903 bits per heavy atom. The monoisotopic (exact) mass is 486 g/mol. The lowest BCUT2D eigenvalue weighted by Crippen LogP contribution is -2.07. The summed E-state index contributed by atoms with van der Waals surface area (Å²) in [6.07, 6.45) is 12.2. The molecule has 0 aliphatic heterocycles. The zero-order chi connectivity index (χ0) is 22.3. The van der Waals surface area contributed by atoms with Crippen molar-refractivity contribution >= 4 is 33.5 Å². The van der Waals surface area contributed by atoms with Crippen LogP contribution in [0, 0.1) is 0 Å². The van der Waals surface area contributed by atoms with Crippen LogP contribution in [0.5, 0.6) is 5.75 Å². The highest BCUT2D eigenvalue weighted by Gasteiger charge is 2.13. The third kappa shape index (κ3) is 9.73. The molecular weight excluding hydrogens is 452 g/mol. The van der Waals surface area contributed by atoms with Crippen molar-refractivity contribution in [1.29, 1.82) is 0 Å². The summed E-state index contributed by atoms with van der Waals surface area (Å²) in [5.41, 5.74) is 2.29. The molecule has 0 atom stereocenters. The summed E-state index contributed by atoms with van der Waals surface area (Å²) in [6, 6.07) is 15.5. The predicted molar refractivity (Wildman–Crippen MR) is 133 cm³/mol. The Morgan fingerprint density at radius 3 is 2.23 bits per heavy atom. The summed E-state index contributed by atoms with van der Waals surface area (Å²) in [6.45, 7) is 5.16. The zero-order valence-electron chi connectivity index (χ0n) is 18.9. The molecule has 0 amide bonds. The van der Waals surface area contributed by atoms with Crippen LogP contribution in [0.1, 0.15) is 76.3 Å². The first-order valence-electron chi connectivity index (χ1n) is 11.5. The molecule has 0 unspecified atom stereocenters. The standard InChI is InChI=1S/C27H35BrO3/c1-3-5-6-7-8-9-10-11-19-31-25-17-15-22(16-18-25)20-26(27(29)30-4-2)23-13-12-14-24(28)21-23/h12-18,20-21H,3-11,19H2,1-2H3. The van der Waals surface area contributed by atoms with Gasteiger partial charge in [-0.1, -0.05) is 92.1 Å². The molecule has 2 aromatic carbocycles. The molecule has 0 radical (unpaired) electrons. The zero-order valence-corrected chi connectivity index (χ0v) is 20.5. The maximum Gasteiger partial charge on any atom is 0.338 e. The molecular formula is C27H35BrO3. The van der Waals surface area contributed by atoms with Gasteiger partial charge in [-0.15, -0.1) is 0 Å². The third-order valence-electron chi connectivity index (χ3n) is 5.09. The van der Waals surface area contributed by atoms with Crippen molar-refractivity contribution < 1.29 is 14.3 Å². The van der Waals surface area contributed by atoms with Gasteiger partial charge in [0.1, 0.15) is 5.75 Å². The van der Waals surface area contributed by atoms with E-state index >= 15 is 0 Å². The molecule has 0 bridgehead atoms. The van der Waals surface area contributed by atoms with E-state index in [-0.39, 0.29) is 5.97 Å². The molecule has 0 aliphatic carbocycles. The number of benzene rings is 2. The Kier molecular flexibility index (Phi) is 12.1. The highest BCUT2D eigenvalue weighted by molar-refractivity contribution is 9.10. The first-order chi connectivity index (χ1) is 15.1. The van der Waals surface area contributed by atoms with Crippen molar-refractivity contribution in [3.8, 4) is 5.75 Å². The summed E-state index contributed by atoms with van der Waals surface area (Å²) in [4.78, 5) is 12.5. The molecule has 4 heteroatoms. The van der Waals surface area contributed by atoms with Gasteiger partial charge in [0.15, 0.2) is 0 Å². The van der Waals surface area contributed by atoms with Crippen molar-refractivity contribution in [1.82, 2.24) is 0 Å². The molecule has 0 fully saturated rings. The number of carbonyl (C=O) groups excluding carboxylic acids is 1. The fraction of sp³-hybridized carbons (Fsp3) is 0.444. The van der Waals surface area contributed by atoms with Crippen LogP contribution in [0.4, 0.5) is 0 Å². The Hall–Kier alpha value is -2.07. The Bertz CT molecular complexity index is 811. The highest BCUT2D eigenvalue weighted by Crippen LogP contribution is 2.24. The second-order valence-corrected chi connectivity index (χ2v) is 8.60. The predicted octanol–water partition coefficient (Wildman–Crippen LogP) is 8.07. The van der Waals surface area contributed by atoms with E-state index in [4.69, 9.17) is 9.47 Å². The SMILES string of the molecule is CCCCCCCCCCOc1ccc(C=C(C(=O)OCC)c2cccc(Br)c2)cc1. The molecule has 0 aliphatic rings. The van der Waals surface area contributed by atoms with Crippen molar-refractivity contribution in [3.63, 3.8) is 0 Å². The third-order valence-corrected chi connectivity index (χ3v) is 5.58. The number of ether oxygens (including phenoxy) is 2. The van der Waals surface area contributed by atoms with Crippen LogP contribution in [0.15, 0.2) is 53.0 Å². The average Bonchev–Trinajstić information content (AvgIpc) is 2.77. The van der Waals surface area contributed by atoms with Crippen molar-refractivity contribution in [2.75, 3.05) is 13.2 Å². The number of rotatable bonds is 14. The Balaban J connectivity index is 1.88. The number of halogens is 1. The number of esters is 1. The maximum absolute atomic E-state index is 12.5. The van der Waals surface area contributed by atoms with E-state index in [0.29, 0.717) is 12.2 Å². The van der Waals surface area contributed by atoms with Gasteiger partial charge in [0, 0.05) is 4.47 Å². The van der Waals surface area contributed by atoms with Crippen LogP contribution < -0.4 is 4.74 Å². The van der Waals surface area contributed by atoms with E-state index in [2.05, 4.69) is 22.9 Å². The molecule has 31 heavy (non-hydrogen) atoms. The fourth-order valence-electron chi connectivity index (χ4n) is 3.38. The van der Waals surface area contributed by atoms with Gasteiger partial charge < -0.3 is 9.47 Å². The van der Waals surface area contributed by atoms with E-state index in [0.717, 1.165) is 34.4 Å². The van der Waals surface area contributed by atoms with Crippen LogP contribution in [0.2, 0.25) is 0 Å². The molecule has 0 aromatic heterocycles. The number of hydrogen-bond acceptors (Lipinski definition) is 3. The largest absolute Gasteiger partial charge is 0.494 e. The topological polar surface area (TPSA) is 35.5 Å². The second-order valence-electron chi connectivity index (χ2n) is 7.68. The minimum atomic E-state index is -0.323. The number of carbonyl (C=O) groups is 1. The molecule has 0 heterocycles. The first kappa shape index (κ1) is 25.2. The van der Waals surface area contributed by atoms with E-state index < -0.39 is 0 Å². The molecule has 0 saturated heterocycles. The fourth-order valence-corrected chi connectivity index (χ4v) is 3.78. The van der Waals surface area contributed by atoms with E-state index in [9.17, 15) is 4.79 Å². The summed E-state index contributed by atoms with van der Waals surface area (Å²) in [5.74, 6) is 0.538. The lowest BCUT2D eigenvalue weighted by molar-refractivity contribution is -0.136. The van der Waals surface area contributed by atoms with Gasteiger partial charge in [-0.3, -0.25) is 0 Å². The van der Waals surface area contributed by atoms with Gasteiger partial charge in [0.05, 0.1) is 18.8 Å². The normalized spacial score (nSPS) is 11.4. The molecule has 0 saturated carbocycles. The molecule has 0 spiro atoms. The van der Waals surface area contributed by atoms with Crippen LogP contribution in [-0.4, -0.2) is 19.2 Å². The Labute approximate surface area is 196 Å². The lowest BCUT2D eigenvalue weighted by Gasteiger charge is -2.09. The summed E-state index contributed by atoms with van der Waals surface area (Å²) in [5, 5.41) is 0. The van der Waals surface area contributed by atoms with Crippen molar-refractivity contribution in [2.45, 2.75) is 65.2 Å². The first-order valence-corrected chi connectivity index (χ1v) is 12.3. The van der Waals surface area contributed by atoms with Gasteiger partial charge >= 0.3 is 5.97 Å². The van der Waals surface area contributed by atoms with Crippen molar-refractivity contribution in [2.24, 2.45) is 0 Å². The van der Waals surface area contributed by atoms with E-state index in [1.165, 1.54) is 44.9 Å². The van der Waals surface area contributed by atoms with Gasteiger partial charge in [0.2, 0.25) is 0 Å². The number of hydrogen-bond donors (Lipinski definition) is 0.